The van der Waals surface area contributed by atoms with Crippen molar-refractivity contribution in [3.05, 3.63) is 29.3 Å². The summed E-state index contributed by atoms with van der Waals surface area (Å²) in [6.45, 7) is -0.384. The van der Waals surface area contributed by atoms with Crippen LogP contribution in [0.25, 0.3) is 0 Å². The molecule has 0 aliphatic carbocycles. The molecule has 0 spiro atoms. The zero-order valence-corrected chi connectivity index (χ0v) is 10.6. The molecule has 1 rings (SSSR count). The van der Waals surface area contributed by atoms with E-state index in [-0.39, 0.29) is 32.1 Å². The van der Waals surface area contributed by atoms with Gasteiger partial charge in [0, 0.05) is 5.02 Å². The Bertz CT molecular complexity index is 382. The van der Waals surface area contributed by atoms with Crippen LogP contribution in [-0.2, 0) is 4.79 Å². The quantitative estimate of drug-likeness (QED) is 0.679. The first-order valence-corrected chi connectivity index (χ1v) is 5.93. The summed E-state index contributed by atoms with van der Waals surface area (Å²) >= 11 is 5.78. The van der Waals surface area contributed by atoms with E-state index >= 15 is 0 Å². The highest BCUT2D eigenvalue weighted by atomic mass is 35.5. The Morgan fingerprint density at radius 2 is 2.11 bits per heavy atom. The predicted octanol–water partition coefficient (Wildman–Crippen LogP) is 0.578. The maximum absolute atomic E-state index is 11.4. The number of aliphatic hydroxyl groups is 2. The van der Waals surface area contributed by atoms with Crippen molar-refractivity contribution in [2.24, 2.45) is 0 Å². The van der Waals surface area contributed by atoms with E-state index in [1.165, 1.54) is 0 Å². The number of benzene rings is 1. The van der Waals surface area contributed by atoms with Crippen LogP contribution in [0.1, 0.15) is 6.42 Å². The lowest BCUT2D eigenvalue weighted by Crippen LogP contribution is -2.40. The van der Waals surface area contributed by atoms with Crippen molar-refractivity contribution in [3.8, 4) is 5.75 Å². The molecule has 0 saturated carbocycles. The lowest BCUT2D eigenvalue weighted by atomic mass is 10.3. The molecule has 0 aromatic heterocycles. The molecular formula is C12H16ClNO4. The molecule has 1 aromatic carbocycles. The number of rotatable bonds is 7. The SMILES string of the molecule is O=C(CCOc1cccc(Cl)c1)NC(CO)CO. The Morgan fingerprint density at radius 1 is 1.39 bits per heavy atom. The largest absolute Gasteiger partial charge is 0.493 e. The molecule has 0 bridgehead atoms. The van der Waals surface area contributed by atoms with Gasteiger partial charge < -0.3 is 20.3 Å². The molecule has 1 aromatic rings. The normalized spacial score (nSPS) is 10.4. The van der Waals surface area contributed by atoms with Crippen LogP contribution in [0, 0.1) is 0 Å². The van der Waals surface area contributed by atoms with Gasteiger partial charge in [-0.15, -0.1) is 0 Å². The Labute approximate surface area is 110 Å². The van der Waals surface area contributed by atoms with E-state index in [1.54, 1.807) is 24.3 Å². The lowest BCUT2D eigenvalue weighted by molar-refractivity contribution is -0.122. The number of hydrogen-bond acceptors (Lipinski definition) is 4. The minimum atomic E-state index is -0.622. The van der Waals surface area contributed by atoms with Crippen molar-refractivity contribution in [1.29, 1.82) is 0 Å². The van der Waals surface area contributed by atoms with E-state index in [9.17, 15) is 4.79 Å². The van der Waals surface area contributed by atoms with Gasteiger partial charge in [-0.1, -0.05) is 17.7 Å². The van der Waals surface area contributed by atoms with Crippen LogP contribution in [0.2, 0.25) is 5.02 Å². The number of aliphatic hydroxyl groups excluding tert-OH is 2. The van der Waals surface area contributed by atoms with Gasteiger partial charge >= 0.3 is 0 Å². The molecule has 100 valence electrons. The van der Waals surface area contributed by atoms with Crippen molar-refractivity contribution < 1.29 is 19.7 Å². The molecule has 0 unspecified atom stereocenters. The number of amides is 1. The summed E-state index contributed by atoms with van der Waals surface area (Å²) in [5.74, 6) is 0.307. The van der Waals surface area contributed by atoms with Gasteiger partial charge in [-0.3, -0.25) is 4.79 Å². The maximum Gasteiger partial charge on any atom is 0.223 e. The third-order valence-corrected chi connectivity index (χ3v) is 2.43. The molecule has 0 heterocycles. The first-order valence-electron chi connectivity index (χ1n) is 5.55. The topological polar surface area (TPSA) is 78.8 Å². The molecule has 18 heavy (non-hydrogen) atoms. The third-order valence-electron chi connectivity index (χ3n) is 2.20. The summed E-state index contributed by atoms with van der Waals surface area (Å²) in [4.78, 5) is 11.4. The van der Waals surface area contributed by atoms with Crippen molar-refractivity contribution >= 4 is 17.5 Å². The van der Waals surface area contributed by atoms with Crippen molar-refractivity contribution in [3.63, 3.8) is 0 Å². The molecular weight excluding hydrogens is 258 g/mol. The highest BCUT2D eigenvalue weighted by Gasteiger charge is 2.09. The van der Waals surface area contributed by atoms with E-state index in [4.69, 9.17) is 26.6 Å². The van der Waals surface area contributed by atoms with Crippen molar-refractivity contribution in [2.45, 2.75) is 12.5 Å². The number of hydrogen-bond donors (Lipinski definition) is 3. The van der Waals surface area contributed by atoms with Gasteiger partial charge in [-0.05, 0) is 18.2 Å². The van der Waals surface area contributed by atoms with Crippen LogP contribution < -0.4 is 10.1 Å². The fraction of sp³-hybridized carbons (Fsp3) is 0.417. The molecule has 3 N–H and O–H groups in total. The zero-order chi connectivity index (χ0) is 13.4. The zero-order valence-electron chi connectivity index (χ0n) is 9.80. The minimum absolute atomic E-state index is 0.142. The van der Waals surface area contributed by atoms with E-state index in [2.05, 4.69) is 5.32 Å². The fourth-order valence-electron chi connectivity index (χ4n) is 1.27. The summed E-state index contributed by atoms with van der Waals surface area (Å²) in [5.41, 5.74) is 0. The average Bonchev–Trinajstić information content (AvgIpc) is 2.36. The Balaban J connectivity index is 2.27. The highest BCUT2D eigenvalue weighted by Crippen LogP contribution is 2.16. The third kappa shape index (κ3) is 5.35. The number of halogens is 1. The molecule has 1 amide bonds. The second kappa shape index (κ2) is 7.92. The monoisotopic (exact) mass is 273 g/mol. The molecule has 0 aliphatic rings. The Morgan fingerprint density at radius 3 is 2.72 bits per heavy atom. The van der Waals surface area contributed by atoms with Gasteiger partial charge in [-0.25, -0.2) is 0 Å². The van der Waals surface area contributed by atoms with Crippen LogP contribution in [0.3, 0.4) is 0 Å². The number of carbonyl (C=O) groups excluding carboxylic acids is 1. The minimum Gasteiger partial charge on any atom is -0.493 e. The smallest absolute Gasteiger partial charge is 0.223 e. The molecule has 5 nitrogen and oxygen atoms in total. The fourth-order valence-corrected chi connectivity index (χ4v) is 1.45. The van der Waals surface area contributed by atoms with Crippen LogP contribution in [0.4, 0.5) is 0 Å². The van der Waals surface area contributed by atoms with Gasteiger partial charge in [0.2, 0.25) is 5.91 Å². The van der Waals surface area contributed by atoms with Crippen molar-refractivity contribution in [1.82, 2.24) is 5.32 Å². The highest BCUT2D eigenvalue weighted by molar-refractivity contribution is 6.30. The summed E-state index contributed by atoms with van der Waals surface area (Å²) < 4.78 is 5.34. The lowest BCUT2D eigenvalue weighted by Gasteiger charge is -2.13. The summed E-state index contributed by atoms with van der Waals surface area (Å²) in [5, 5.41) is 20.6. The van der Waals surface area contributed by atoms with Gasteiger partial charge in [0.05, 0.1) is 32.3 Å². The Hall–Kier alpha value is -1.30. The number of nitrogens with one attached hydrogen (secondary N) is 1. The van der Waals surface area contributed by atoms with Crippen LogP contribution >= 0.6 is 11.6 Å². The Kier molecular flexibility index (Phi) is 6.49. The maximum atomic E-state index is 11.4. The average molecular weight is 274 g/mol. The first kappa shape index (κ1) is 14.8. The summed E-state index contributed by atoms with van der Waals surface area (Å²) in [7, 11) is 0. The summed E-state index contributed by atoms with van der Waals surface area (Å²) in [6, 6.07) is 6.26. The van der Waals surface area contributed by atoms with E-state index in [0.717, 1.165) is 0 Å². The standard InChI is InChI=1S/C12H16ClNO4/c13-9-2-1-3-11(6-9)18-5-4-12(17)14-10(7-15)8-16/h1-3,6,10,15-16H,4-5,7-8H2,(H,14,17). The van der Waals surface area contributed by atoms with Crippen molar-refractivity contribution in [2.75, 3.05) is 19.8 Å². The van der Waals surface area contributed by atoms with E-state index < -0.39 is 6.04 Å². The van der Waals surface area contributed by atoms with Crippen LogP contribution in [-0.4, -0.2) is 42.0 Å². The van der Waals surface area contributed by atoms with Crippen LogP contribution in [0.5, 0.6) is 5.75 Å². The molecule has 0 fully saturated rings. The van der Waals surface area contributed by atoms with E-state index in [0.29, 0.717) is 10.8 Å². The summed E-state index contributed by atoms with van der Waals surface area (Å²) in [6.07, 6.45) is 0.142. The first-order chi connectivity index (χ1) is 8.65. The second-order valence-corrected chi connectivity index (χ2v) is 4.12. The van der Waals surface area contributed by atoms with Gasteiger partial charge in [0.1, 0.15) is 5.75 Å². The molecule has 0 radical (unpaired) electrons. The molecule has 6 heteroatoms. The molecule has 0 aliphatic heterocycles. The second-order valence-electron chi connectivity index (χ2n) is 3.69. The van der Waals surface area contributed by atoms with Gasteiger partial charge in [-0.2, -0.15) is 0 Å². The predicted molar refractivity (Wildman–Crippen MR) is 67.7 cm³/mol. The van der Waals surface area contributed by atoms with Gasteiger partial charge in [0.25, 0.3) is 0 Å². The molecule has 0 saturated heterocycles. The number of carbonyl (C=O) groups is 1. The van der Waals surface area contributed by atoms with Gasteiger partial charge in [0.15, 0.2) is 0 Å². The number of ether oxygens (including phenoxy) is 1. The van der Waals surface area contributed by atoms with Crippen LogP contribution in [0.15, 0.2) is 24.3 Å². The van der Waals surface area contributed by atoms with E-state index in [1.807, 2.05) is 0 Å². The molecule has 0 atom stereocenters.